The van der Waals surface area contributed by atoms with Crippen LogP contribution in [0.25, 0.3) is 0 Å². The highest BCUT2D eigenvalue weighted by Gasteiger charge is 2.26. The van der Waals surface area contributed by atoms with Crippen LogP contribution in [0.1, 0.15) is 68.4 Å². The number of imidazole rings is 1. The minimum atomic E-state index is -1.50. The monoisotopic (exact) mass is 326 g/mol. The second-order valence-electron chi connectivity index (χ2n) is 5.76. The first-order valence-electron chi connectivity index (χ1n) is 8.08. The quantitative estimate of drug-likeness (QED) is 0.638. The van der Waals surface area contributed by atoms with E-state index in [1.807, 2.05) is 6.33 Å². The molecule has 1 atom stereocenters. The Bertz CT molecular complexity index is 493. The molecule has 1 aliphatic carbocycles. The van der Waals surface area contributed by atoms with Crippen molar-refractivity contribution in [3.05, 3.63) is 28.3 Å². The van der Waals surface area contributed by atoms with E-state index in [0.29, 0.717) is 17.7 Å². The Hall–Kier alpha value is -2.12. The highest BCUT2D eigenvalue weighted by molar-refractivity contribution is 5.92. The van der Waals surface area contributed by atoms with E-state index in [9.17, 15) is 4.79 Å². The minimum absolute atomic E-state index is 0.0330. The van der Waals surface area contributed by atoms with Crippen molar-refractivity contribution in [3.8, 4) is 0 Å². The molecule has 0 spiro atoms. The van der Waals surface area contributed by atoms with Crippen molar-refractivity contribution in [2.75, 3.05) is 7.05 Å². The largest absolute Gasteiger partial charge is 0.354 e. The van der Waals surface area contributed by atoms with Gasteiger partial charge in [0, 0.05) is 13.1 Å². The van der Waals surface area contributed by atoms with E-state index in [1.165, 1.54) is 32.1 Å². The summed E-state index contributed by atoms with van der Waals surface area (Å²) in [4.78, 5) is 24.5. The van der Waals surface area contributed by atoms with E-state index in [4.69, 9.17) is 15.3 Å². The molecule has 0 saturated heterocycles. The first kappa shape index (κ1) is 18.9. The summed E-state index contributed by atoms with van der Waals surface area (Å²) >= 11 is 0. The molecule has 1 aromatic rings. The van der Waals surface area contributed by atoms with Crippen LogP contribution in [0.3, 0.4) is 0 Å². The minimum Gasteiger partial charge on any atom is -0.354 e. The van der Waals surface area contributed by atoms with Gasteiger partial charge in [0.15, 0.2) is 0 Å². The number of hydrogen-bond donors (Lipinski definition) is 2. The zero-order chi connectivity index (χ0) is 17.2. The molecule has 8 heteroatoms. The number of amides is 1. The molecular weight excluding hydrogens is 300 g/mol. The van der Waals surface area contributed by atoms with Crippen molar-refractivity contribution in [2.45, 2.75) is 57.9 Å². The third-order valence-electron chi connectivity index (χ3n) is 4.26. The molecule has 23 heavy (non-hydrogen) atoms. The van der Waals surface area contributed by atoms with Gasteiger partial charge in [-0.25, -0.2) is 4.98 Å². The summed E-state index contributed by atoms with van der Waals surface area (Å²) < 4.78 is 2.11. The van der Waals surface area contributed by atoms with Crippen LogP contribution in [0.5, 0.6) is 0 Å². The molecule has 130 valence electrons. The number of carbonyl (C=O) groups is 1. The fourth-order valence-corrected chi connectivity index (χ4v) is 3.29. The fraction of sp³-hybridized carbons (Fsp3) is 0.733. The highest BCUT2D eigenvalue weighted by Crippen LogP contribution is 2.36. The van der Waals surface area contributed by atoms with Gasteiger partial charge in [-0.15, -0.1) is 10.1 Å². The lowest BCUT2D eigenvalue weighted by molar-refractivity contribution is -0.742. The molecule has 8 nitrogen and oxygen atoms in total. The molecule has 1 fully saturated rings. The smallest absolute Gasteiger partial charge is 0.291 e. The molecule has 1 aromatic heterocycles. The maximum absolute atomic E-state index is 11.9. The van der Waals surface area contributed by atoms with Gasteiger partial charge >= 0.3 is 0 Å². The average Bonchev–Trinajstić information content (AvgIpc) is 3.01. The highest BCUT2D eigenvalue weighted by atomic mass is 16.9. The third kappa shape index (κ3) is 5.88. The predicted molar refractivity (Wildman–Crippen MR) is 84.9 cm³/mol. The van der Waals surface area contributed by atoms with Crippen molar-refractivity contribution >= 4 is 5.91 Å². The van der Waals surface area contributed by atoms with Crippen LogP contribution in [-0.2, 0) is 0 Å². The summed E-state index contributed by atoms with van der Waals surface area (Å²) in [6, 6.07) is 0.431. The first-order chi connectivity index (χ1) is 11.0. The lowest BCUT2D eigenvalue weighted by Gasteiger charge is -2.32. The average molecular weight is 326 g/mol. The Labute approximate surface area is 136 Å². The van der Waals surface area contributed by atoms with E-state index < -0.39 is 5.09 Å². The second-order valence-corrected chi connectivity index (χ2v) is 5.76. The standard InChI is InChI=1S/C15H25N3O.HNO3/c1-3-7-13(12-8-5-4-6-9-12)18-11-17-10-14(18)15(19)16-2;2-1(3)4/h10-13H,3-9H2,1-2H3,(H,16,19);(H,2,3,4). The Balaban J connectivity index is 0.000000593. The summed E-state index contributed by atoms with van der Waals surface area (Å²) in [7, 11) is 1.68. The molecule has 1 saturated carbocycles. The Morgan fingerprint density at radius 1 is 1.52 bits per heavy atom. The molecule has 0 aromatic carbocycles. The second kappa shape index (κ2) is 9.81. The lowest BCUT2D eigenvalue weighted by Crippen LogP contribution is -2.27. The summed E-state index contributed by atoms with van der Waals surface area (Å²) in [6.45, 7) is 2.21. The molecule has 2 rings (SSSR count). The summed E-state index contributed by atoms with van der Waals surface area (Å²) in [6.07, 6.45) is 12.4. The number of nitrogens with one attached hydrogen (secondary N) is 1. The van der Waals surface area contributed by atoms with E-state index >= 15 is 0 Å². The van der Waals surface area contributed by atoms with Gasteiger partial charge in [0.2, 0.25) is 0 Å². The summed E-state index contributed by atoms with van der Waals surface area (Å²) in [5, 5.41) is 16.3. The van der Waals surface area contributed by atoms with Crippen LogP contribution in [0, 0.1) is 16.0 Å². The van der Waals surface area contributed by atoms with Gasteiger partial charge in [0.25, 0.3) is 11.0 Å². The zero-order valence-electron chi connectivity index (χ0n) is 13.8. The van der Waals surface area contributed by atoms with Crippen molar-refractivity contribution in [2.24, 2.45) is 5.92 Å². The molecule has 1 heterocycles. The van der Waals surface area contributed by atoms with Gasteiger partial charge in [-0.1, -0.05) is 32.6 Å². The van der Waals surface area contributed by atoms with Crippen LogP contribution < -0.4 is 5.32 Å². The third-order valence-corrected chi connectivity index (χ3v) is 4.26. The van der Waals surface area contributed by atoms with Gasteiger partial charge in [-0.2, -0.15) is 0 Å². The van der Waals surface area contributed by atoms with Crippen molar-refractivity contribution in [1.29, 1.82) is 0 Å². The van der Waals surface area contributed by atoms with Gasteiger partial charge in [-0.3, -0.25) is 4.79 Å². The lowest BCUT2D eigenvalue weighted by atomic mass is 9.82. The first-order valence-corrected chi connectivity index (χ1v) is 8.08. The SMILES string of the molecule is CCCC(C1CCCCC1)n1cncc1C(=O)NC.O=[N+]([O-])O. The summed E-state index contributed by atoms with van der Waals surface area (Å²) in [5.41, 5.74) is 0.700. The van der Waals surface area contributed by atoms with Crippen molar-refractivity contribution in [3.63, 3.8) is 0 Å². The molecular formula is C15H26N4O4. The van der Waals surface area contributed by atoms with Crippen molar-refractivity contribution < 1.29 is 15.1 Å². The molecule has 0 bridgehead atoms. The van der Waals surface area contributed by atoms with Gasteiger partial charge in [-0.05, 0) is 25.2 Å². The number of hydrogen-bond acceptors (Lipinski definition) is 4. The van der Waals surface area contributed by atoms with Gasteiger partial charge in [0.05, 0.1) is 12.5 Å². The number of rotatable bonds is 5. The Morgan fingerprint density at radius 3 is 2.65 bits per heavy atom. The number of nitrogens with zero attached hydrogens (tertiary/aromatic N) is 3. The Kier molecular flexibility index (Phi) is 8.07. The van der Waals surface area contributed by atoms with Gasteiger partial charge < -0.3 is 15.1 Å². The van der Waals surface area contributed by atoms with Gasteiger partial charge in [0.1, 0.15) is 5.69 Å². The number of aromatic nitrogens is 2. The fourth-order valence-electron chi connectivity index (χ4n) is 3.29. The Morgan fingerprint density at radius 2 is 2.13 bits per heavy atom. The van der Waals surface area contributed by atoms with E-state index in [-0.39, 0.29) is 5.91 Å². The normalized spacial score (nSPS) is 16.1. The predicted octanol–water partition coefficient (Wildman–Crippen LogP) is 2.82. The van der Waals surface area contributed by atoms with E-state index in [2.05, 4.69) is 21.8 Å². The summed E-state index contributed by atoms with van der Waals surface area (Å²) in [5.74, 6) is 0.667. The zero-order valence-corrected chi connectivity index (χ0v) is 13.8. The van der Waals surface area contributed by atoms with Crippen LogP contribution in [-0.4, -0.2) is 32.8 Å². The van der Waals surface area contributed by atoms with Crippen LogP contribution in [0.2, 0.25) is 0 Å². The van der Waals surface area contributed by atoms with E-state index in [1.54, 1.807) is 13.2 Å². The molecule has 1 aliphatic rings. The molecule has 1 amide bonds. The molecule has 0 radical (unpaired) electrons. The van der Waals surface area contributed by atoms with Crippen molar-refractivity contribution in [1.82, 2.24) is 14.9 Å². The molecule has 0 aliphatic heterocycles. The maximum atomic E-state index is 11.9. The topological polar surface area (TPSA) is 110 Å². The molecule has 2 N–H and O–H groups in total. The molecule has 1 unspecified atom stereocenters. The number of carbonyl (C=O) groups excluding carboxylic acids is 1. The van der Waals surface area contributed by atoms with Crippen LogP contribution in [0.15, 0.2) is 12.5 Å². The van der Waals surface area contributed by atoms with Crippen LogP contribution >= 0.6 is 0 Å². The van der Waals surface area contributed by atoms with E-state index in [0.717, 1.165) is 12.8 Å². The van der Waals surface area contributed by atoms with Crippen LogP contribution in [0.4, 0.5) is 0 Å². The maximum Gasteiger partial charge on any atom is 0.291 e.